The molecule has 5 nitrogen and oxygen atoms in total. The van der Waals surface area contributed by atoms with Crippen LogP contribution in [0.4, 0.5) is 4.39 Å². The molecule has 112 valence electrons. The van der Waals surface area contributed by atoms with Crippen LogP contribution in [-0.4, -0.2) is 26.0 Å². The Balaban J connectivity index is 3.15. The van der Waals surface area contributed by atoms with E-state index >= 15 is 0 Å². The summed E-state index contributed by atoms with van der Waals surface area (Å²) in [6.45, 7) is 3.96. The first kappa shape index (κ1) is 16.9. The zero-order valence-electron chi connectivity index (χ0n) is 11.0. The molecule has 0 bridgehead atoms. The van der Waals surface area contributed by atoms with E-state index in [0.29, 0.717) is 6.42 Å². The monoisotopic (exact) mass is 323 g/mol. The van der Waals surface area contributed by atoms with Crippen molar-refractivity contribution in [3.63, 3.8) is 0 Å². The number of carbonyl (C=O) groups is 1. The van der Waals surface area contributed by atoms with Crippen molar-refractivity contribution < 1.29 is 22.7 Å². The summed E-state index contributed by atoms with van der Waals surface area (Å²) in [5.41, 5.74) is -0.776. The third kappa shape index (κ3) is 4.16. The molecule has 2 N–H and O–H groups in total. The molecule has 20 heavy (non-hydrogen) atoms. The molecule has 0 fully saturated rings. The molecular formula is C12H15ClFNO4S. The van der Waals surface area contributed by atoms with Crippen LogP contribution in [0.5, 0.6) is 0 Å². The Labute approximate surface area is 121 Å². The minimum Gasteiger partial charge on any atom is -0.478 e. The summed E-state index contributed by atoms with van der Waals surface area (Å²) in [6, 6.07) is 1.76. The summed E-state index contributed by atoms with van der Waals surface area (Å²) in [6.07, 6.45) is 0.577. The number of benzene rings is 1. The van der Waals surface area contributed by atoms with Gasteiger partial charge in [0.15, 0.2) is 5.82 Å². The van der Waals surface area contributed by atoms with Crippen molar-refractivity contribution in [3.8, 4) is 0 Å². The summed E-state index contributed by atoms with van der Waals surface area (Å²) in [5.74, 6) is -2.63. The van der Waals surface area contributed by atoms with Crippen molar-refractivity contribution in [2.45, 2.75) is 25.2 Å². The second kappa shape index (κ2) is 6.51. The number of hydrogen-bond acceptors (Lipinski definition) is 3. The first-order chi connectivity index (χ1) is 9.15. The fourth-order valence-corrected chi connectivity index (χ4v) is 2.93. The van der Waals surface area contributed by atoms with Crippen LogP contribution in [-0.2, 0) is 10.0 Å². The average molecular weight is 324 g/mol. The predicted molar refractivity (Wildman–Crippen MR) is 73.0 cm³/mol. The molecule has 0 radical (unpaired) electrons. The van der Waals surface area contributed by atoms with Crippen molar-refractivity contribution >= 4 is 27.6 Å². The molecule has 0 atom stereocenters. The summed E-state index contributed by atoms with van der Waals surface area (Å²) in [5, 5.41) is 8.66. The number of nitrogens with one attached hydrogen (secondary N) is 1. The van der Waals surface area contributed by atoms with E-state index in [9.17, 15) is 17.6 Å². The van der Waals surface area contributed by atoms with E-state index in [2.05, 4.69) is 4.72 Å². The Morgan fingerprint density at radius 1 is 1.45 bits per heavy atom. The van der Waals surface area contributed by atoms with Gasteiger partial charge in [0.05, 0.1) is 5.56 Å². The lowest BCUT2D eigenvalue weighted by atomic mass is 10.1. The number of carboxylic acids is 1. The van der Waals surface area contributed by atoms with Crippen molar-refractivity contribution in [2.24, 2.45) is 5.92 Å². The van der Waals surface area contributed by atoms with Crippen LogP contribution in [0, 0.1) is 11.7 Å². The smallest absolute Gasteiger partial charge is 0.338 e. The van der Waals surface area contributed by atoms with Gasteiger partial charge in [0.2, 0.25) is 10.0 Å². The van der Waals surface area contributed by atoms with Gasteiger partial charge in [-0.05, 0) is 24.5 Å². The minimum atomic E-state index is -4.14. The molecule has 1 aromatic carbocycles. The van der Waals surface area contributed by atoms with E-state index in [-0.39, 0.29) is 17.5 Å². The van der Waals surface area contributed by atoms with E-state index < -0.39 is 32.3 Å². The highest BCUT2D eigenvalue weighted by molar-refractivity contribution is 7.89. The molecule has 0 aliphatic heterocycles. The largest absolute Gasteiger partial charge is 0.478 e. The molecule has 8 heteroatoms. The average Bonchev–Trinajstić information content (AvgIpc) is 2.30. The van der Waals surface area contributed by atoms with E-state index in [1.54, 1.807) is 0 Å². The number of sulfonamides is 1. The summed E-state index contributed by atoms with van der Waals surface area (Å²) < 4.78 is 40.1. The van der Waals surface area contributed by atoms with Crippen LogP contribution in [0.1, 0.15) is 30.6 Å². The van der Waals surface area contributed by atoms with Crippen LogP contribution in [0.3, 0.4) is 0 Å². The van der Waals surface area contributed by atoms with Crippen molar-refractivity contribution in [1.82, 2.24) is 4.72 Å². The lowest BCUT2D eigenvalue weighted by Gasteiger charge is -2.10. The predicted octanol–water partition coefficient (Wildman–Crippen LogP) is 2.50. The Hall–Kier alpha value is -1.18. The first-order valence-electron chi connectivity index (χ1n) is 5.87. The fraction of sp³-hybridized carbons (Fsp3) is 0.417. The summed E-state index contributed by atoms with van der Waals surface area (Å²) in [7, 11) is -4.14. The zero-order chi connectivity index (χ0) is 15.5. The van der Waals surface area contributed by atoms with Crippen molar-refractivity contribution in [2.75, 3.05) is 6.54 Å². The number of hydrogen-bond donors (Lipinski definition) is 2. The molecule has 0 amide bonds. The van der Waals surface area contributed by atoms with Crippen LogP contribution in [0.25, 0.3) is 0 Å². The number of aromatic carboxylic acids is 1. The SMILES string of the molecule is CC(C)CCNS(=O)(=O)c1cc(Cl)cc(C(=O)O)c1F. The third-order valence-corrected chi connectivity index (χ3v) is 4.22. The minimum absolute atomic E-state index is 0.133. The maximum atomic E-state index is 13.9. The van der Waals surface area contributed by atoms with Gasteiger partial charge < -0.3 is 5.11 Å². The topological polar surface area (TPSA) is 83.5 Å². The van der Waals surface area contributed by atoms with Gasteiger partial charge in [0.1, 0.15) is 4.90 Å². The highest BCUT2D eigenvalue weighted by Crippen LogP contribution is 2.23. The van der Waals surface area contributed by atoms with Crippen LogP contribution in [0.2, 0.25) is 5.02 Å². The van der Waals surface area contributed by atoms with Gasteiger partial charge in [0, 0.05) is 11.6 Å². The third-order valence-electron chi connectivity index (χ3n) is 2.54. The highest BCUT2D eigenvalue weighted by atomic mass is 35.5. The van der Waals surface area contributed by atoms with Gasteiger partial charge in [-0.15, -0.1) is 0 Å². The Bertz CT molecular complexity index is 616. The molecule has 0 aromatic heterocycles. The second-order valence-corrected chi connectivity index (χ2v) is 6.82. The molecule has 0 saturated carbocycles. The number of carboxylic acid groups (broad SMARTS) is 1. The normalized spacial score (nSPS) is 11.8. The van der Waals surface area contributed by atoms with E-state index in [0.717, 1.165) is 12.1 Å². The Kier molecular flexibility index (Phi) is 5.50. The summed E-state index contributed by atoms with van der Waals surface area (Å²) >= 11 is 5.63. The van der Waals surface area contributed by atoms with Gasteiger partial charge >= 0.3 is 5.97 Å². The van der Waals surface area contributed by atoms with Crippen LogP contribution < -0.4 is 4.72 Å². The van der Waals surface area contributed by atoms with Gasteiger partial charge in [-0.1, -0.05) is 25.4 Å². The van der Waals surface area contributed by atoms with Gasteiger partial charge in [-0.2, -0.15) is 0 Å². The van der Waals surface area contributed by atoms with Crippen molar-refractivity contribution in [1.29, 1.82) is 0 Å². The van der Waals surface area contributed by atoms with Gasteiger partial charge in [0.25, 0.3) is 0 Å². The Morgan fingerprint density at radius 2 is 2.05 bits per heavy atom. The van der Waals surface area contributed by atoms with Crippen LogP contribution >= 0.6 is 11.6 Å². The van der Waals surface area contributed by atoms with Gasteiger partial charge in [-0.25, -0.2) is 22.3 Å². The van der Waals surface area contributed by atoms with E-state index in [4.69, 9.17) is 16.7 Å². The van der Waals surface area contributed by atoms with E-state index in [1.165, 1.54) is 0 Å². The van der Waals surface area contributed by atoms with Gasteiger partial charge in [-0.3, -0.25) is 0 Å². The second-order valence-electron chi connectivity index (χ2n) is 4.65. The number of rotatable bonds is 6. The molecule has 1 rings (SSSR count). The van der Waals surface area contributed by atoms with E-state index in [1.807, 2.05) is 13.8 Å². The lowest BCUT2D eigenvalue weighted by Crippen LogP contribution is -2.27. The molecule has 0 aliphatic carbocycles. The molecule has 1 aromatic rings. The molecule has 0 heterocycles. The quantitative estimate of drug-likeness (QED) is 0.842. The molecule has 0 spiro atoms. The molecule has 0 aliphatic rings. The van der Waals surface area contributed by atoms with Crippen molar-refractivity contribution in [3.05, 3.63) is 28.5 Å². The van der Waals surface area contributed by atoms with Crippen LogP contribution in [0.15, 0.2) is 17.0 Å². The molecular weight excluding hydrogens is 309 g/mol. The molecule has 0 saturated heterocycles. The number of halogens is 2. The Morgan fingerprint density at radius 3 is 2.55 bits per heavy atom. The standard InChI is InChI=1S/C12H15ClFNO4S/c1-7(2)3-4-15-20(18,19)10-6-8(13)5-9(11(10)14)12(16)17/h5-7,15H,3-4H2,1-2H3,(H,16,17). The lowest BCUT2D eigenvalue weighted by molar-refractivity contribution is 0.0691. The maximum Gasteiger partial charge on any atom is 0.338 e. The maximum absolute atomic E-state index is 13.9. The highest BCUT2D eigenvalue weighted by Gasteiger charge is 2.24. The summed E-state index contributed by atoms with van der Waals surface area (Å²) in [4.78, 5) is 10.1. The molecule has 0 unspecified atom stereocenters. The first-order valence-corrected chi connectivity index (χ1v) is 7.73. The zero-order valence-corrected chi connectivity index (χ0v) is 12.6. The fourth-order valence-electron chi connectivity index (χ4n) is 1.48.